The van der Waals surface area contributed by atoms with Crippen LogP contribution in [0, 0.1) is 20.8 Å². The van der Waals surface area contributed by atoms with Gasteiger partial charge in [-0.05, 0) is 127 Å². The van der Waals surface area contributed by atoms with Crippen LogP contribution >= 0.6 is 23.2 Å². The van der Waals surface area contributed by atoms with Crippen molar-refractivity contribution in [3.63, 3.8) is 0 Å². The minimum atomic E-state index is -1.20. The van der Waals surface area contributed by atoms with Crippen LogP contribution in [0.15, 0.2) is 231 Å². The van der Waals surface area contributed by atoms with E-state index in [9.17, 15) is 49.2 Å². The number of ketones is 2. The SMILES string of the molecule is Cc1c(C(=O)c2cccc3ccccc23)c2ccccc2n1CCNc1ccc(C(=O)O)c(O)c1.Cc1c(C(=O)c2cccc3ccccc23)c2ccccc2n1CCNc1ccc(O)c(OC=O)c1.Cc1c(CCNc2ccc(O)c(C(=O)O)c2)c2ccccc2n1C(=O)c1cccc(Cl)c1Cl. The Morgan fingerprint density at radius 1 is 0.427 bits per heavy atom. The number of para-hydroxylation sites is 3. The average molecular weight is 1410 g/mol. The Morgan fingerprint density at radius 2 is 0.874 bits per heavy atom. The van der Waals surface area contributed by atoms with Crippen molar-refractivity contribution >= 4 is 130 Å². The van der Waals surface area contributed by atoms with E-state index in [0.29, 0.717) is 89.0 Å². The molecule has 14 rings (SSSR count). The summed E-state index contributed by atoms with van der Waals surface area (Å²) in [6.07, 6.45) is 0.583. The number of rotatable bonds is 21. The number of carboxylic acid groups (broad SMARTS) is 2. The number of carbonyl (C=O) groups excluding carboxylic acids is 4. The molecule has 516 valence electrons. The molecule has 0 saturated carbocycles. The number of fused-ring (bicyclic) bond motifs is 5. The Kier molecular flexibility index (Phi) is 21.0. The smallest absolute Gasteiger partial charge is 0.339 e. The van der Waals surface area contributed by atoms with E-state index >= 15 is 0 Å². The first-order valence-electron chi connectivity index (χ1n) is 32.9. The Hall–Kier alpha value is -12.6. The lowest BCUT2D eigenvalue weighted by atomic mass is 9.95. The van der Waals surface area contributed by atoms with Crippen LogP contribution in [0.3, 0.4) is 0 Å². The van der Waals surface area contributed by atoms with E-state index in [0.717, 1.165) is 76.9 Å². The molecule has 0 radical (unpaired) electrons. The molecule has 0 unspecified atom stereocenters. The molecule has 0 amide bonds. The van der Waals surface area contributed by atoms with Crippen molar-refractivity contribution in [2.24, 2.45) is 0 Å². The van der Waals surface area contributed by atoms with Crippen LogP contribution in [0.5, 0.6) is 23.0 Å². The molecule has 0 aliphatic heterocycles. The topological polar surface area (TPSA) is 264 Å². The molecular weight excluding hydrogens is 1340 g/mol. The van der Waals surface area contributed by atoms with Gasteiger partial charge in [0.15, 0.2) is 23.1 Å². The predicted molar refractivity (Wildman–Crippen MR) is 405 cm³/mol. The quantitative estimate of drug-likeness (QED) is 0.0189. The number of nitrogens with one attached hydrogen (secondary N) is 3. The van der Waals surface area contributed by atoms with Gasteiger partial charge in [-0.25, -0.2) is 9.59 Å². The summed E-state index contributed by atoms with van der Waals surface area (Å²) in [5.41, 5.74) is 11.0. The van der Waals surface area contributed by atoms with Gasteiger partial charge in [0.2, 0.25) is 0 Å². The monoisotopic (exact) mass is 1410 g/mol. The Bertz CT molecular complexity index is 5650. The number of ether oxygens (including phenoxy) is 1. The fourth-order valence-electron chi connectivity index (χ4n) is 13.3. The maximum atomic E-state index is 13.8. The Labute approximate surface area is 600 Å². The van der Waals surface area contributed by atoms with Crippen molar-refractivity contribution in [2.75, 3.05) is 35.6 Å². The molecule has 3 aromatic heterocycles. The van der Waals surface area contributed by atoms with Crippen LogP contribution in [0.4, 0.5) is 17.1 Å². The Morgan fingerprint density at radius 3 is 1.42 bits per heavy atom. The number of phenols is 3. The molecular formula is C83H68Cl2N6O12. The summed E-state index contributed by atoms with van der Waals surface area (Å²) in [6.45, 7) is 8.87. The second-order valence-electron chi connectivity index (χ2n) is 24.3. The van der Waals surface area contributed by atoms with Crippen LogP contribution < -0.4 is 20.7 Å². The van der Waals surface area contributed by atoms with E-state index in [4.69, 9.17) is 33.0 Å². The summed E-state index contributed by atoms with van der Waals surface area (Å²) in [6, 6.07) is 69.4. The normalized spacial score (nSPS) is 11.0. The number of halogens is 2. The third kappa shape index (κ3) is 14.6. The number of carbonyl (C=O) groups is 6. The summed E-state index contributed by atoms with van der Waals surface area (Å²) < 4.78 is 10.7. The molecule has 0 aliphatic carbocycles. The van der Waals surface area contributed by atoms with Gasteiger partial charge in [-0.2, -0.15) is 0 Å². The van der Waals surface area contributed by atoms with Crippen LogP contribution in [-0.4, -0.2) is 94.8 Å². The molecule has 18 nitrogen and oxygen atoms in total. The van der Waals surface area contributed by atoms with Crippen molar-refractivity contribution in [1.29, 1.82) is 0 Å². The van der Waals surface area contributed by atoms with Crippen molar-refractivity contribution in [2.45, 2.75) is 40.3 Å². The summed E-state index contributed by atoms with van der Waals surface area (Å²) in [7, 11) is 0. The average Bonchev–Trinajstić information content (AvgIpc) is 1.63. The minimum Gasteiger partial charge on any atom is -0.507 e. The first kappa shape index (κ1) is 70.2. The van der Waals surface area contributed by atoms with E-state index in [-0.39, 0.29) is 63.1 Å². The summed E-state index contributed by atoms with van der Waals surface area (Å²) in [5.74, 6) is -3.21. The van der Waals surface area contributed by atoms with Gasteiger partial charge >= 0.3 is 11.9 Å². The van der Waals surface area contributed by atoms with Crippen molar-refractivity contribution in [3.05, 3.63) is 302 Å². The third-order valence-corrected chi connectivity index (χ3v) is 19.1. The number of hydrogen-bond donors (Lipinski definition) is 8. The van der Waals surface area contributed by atoms with E-state index in [1.807, 2.05) is 178 Å². The highest BCUT2D eigenvalue weighted by Gasteiger charge is 2.26. The third-order valence-electron chi connectivity index (χ3n) is 18.2. The summed E-state index contributed by atoms with van der Waals surface area (Å²) in [5, 5.41) is 64.7. The van der Waals surface area contributed by atoms with Crippen molar-refractivity contribution in [1.82, 2.24) is 13.7 Å². The zero-order chi connectivity index (χ0) is 72.6. The molecule has 0 saturated heterocycles. The van der Waals surface area contributed by atoms with Crippen LogP contribution in [0.1, 0.15) is 85.6 Å². The summed E-state index contributed by atoms with van der Waals surface area (Å²) >= 11 is 12.4. The Balaban J connectivity index is 0.000000146. The molecule has 20 heteroatoms. The minimum absolute atomic E-state index is 0.00334. The number of carboxylic acids is 2. The van der Waals surface area contributed by atoms with Crippen LogP contribution in [0.25, 0.3) is 54.3 Å². The molecule has 14 aromatic rings. The van der Waals surface area contributed by atoms with E-state index in [2.05, 4.69) is 25.1 Å². The first-order valence-corrected chi connectivity index (χ1v) is 33.6. The lowest BCUT2D eigenvalue weighted by molar-refractivity contribution is -0.120. The molecule has 0 fully saturated rings. The number of hydrogen-bond acceptors (Lipinski definition) is 13. The van der Waals surface area contributed by atoms with Gasteiger partial charge in [-0.1, -0.05) is 169 Å². The zero-order valence-corrected chi connectivity index (χ0v) is 57.5. The van der Waals surface area contributed by atoms with Gasteiger partial charge in [0.05, 0.1) is 32.3 Å². The van der Waals surface area contributed by atoms with E-state index in [1.54, 1.807) is 47.0 Å². The highest BCUT2D eigenvalue weighted by atomic mass is 35.5. The lowest BCUT2D eigenvalue weighted by Gasteiger charge is -2.12. The number of aromatic carboxylic acids is 2. The number of nitrogens with zero attached hydrogens (tertiary/aromatic N) is 3. The standard InChI is InChI=1S/2C29H24N2O4.C25H20Cl2N2O4/c1-19-28(29(34)23-11-6-8-20-7-2-3-9-22(20)23)24-10-4-5-12-25(24)31(19)16-15-30-21-13-14-26(33)27(17-21)35-18-32;1-18-27(28(33)22-11-6-8-19-7-2-3-9-21(19)22)23-10-4-5-12-25(23)31(18)16-15-30-20-13-14-24(29(34)35)26(32)17-20;1-14-16(11-12-28-15-9-10-22(30)19(13-15)25(32)33)17-5-2-3-8-21(17)29(14)24(31)18-6-4-7-20(26)23(18)27/h2-14,17-18,30,33H,15-16H2,1H3;2-14,17,30,32H,15-16H2,1H3,(H,34,35);2-10,13,28,30H,11-12H2,1H3,(H,32,33). The maximum Gasteiger partial charge on any atom is 0.339 e. The fraction of sp³-hybridized carbons (Fsp3) is 0.108. The predicted octanol–water partition coefficient (Wildman–Crippen LogP) is 17.5. The summed E-state index contributed by atoms with van der Waals surface area (Å²) in [4.78, 5) is 74.1. The van der Waals surface area contributed by atoms with E-state index in [1.165, 1.54) is 30.3 Å². The van der Waals surface area contributed by atoms with Gasteiger partial charge in [0, 0.05) is 117 Å². The van der Waals surface area contributed by atoms with Gasteiger partial charge in [0.1, 0.15) is 22.6 Å². The second-order valence-corrected chi connectivity index (χ2v) is 25.1. The fourth-order valence-corrected chi connectivity index (χ4v) is 13.7. The van der Waals surface area contributed by atoms with Gasteiger partial charge in [-0.15, -0.1) is 0 Å². The van der Waals surface area contributed by atoms with Crippen LogP contribution in [0.2, 0.25) is 10.0 Å². The number of phenolic OH excluding ortho intramolecular Hbond substituents is 1. The molecule has 11 aromatic carbocycles. The maximum absolute atomic E-state index is 13.8. The lowest BCUT2D eigenvalue weighted by Crippen LogP contribution is -2.15. The zero-order valence-electron chi connectivity index (χ0n) is 56.0. The largest absolute Gasteiger partial charge is 0.507 e. The molecule has 0 spiro atoms. The van der Waals surface area contributed by atoms with Gasteiger partial charge < -0.3 is 55.4 Å². The first-order chi connectivity index (χ1) is 49.8. The molecule has 3 heterocycles. The number of anilines is 3. The van der Waals surface area contributed by atoms with Gasteiger partial charge in [-0.3, -0.25) is 23.7 Å². The molecule has 0 aliphatic rings. The molecule has 0 atom stereocenters. The number of benzene rings is 11. The van der Waals surface area contributed by atoms with Crippen molar-refractivity contribution in [3.8, 4) is 23.0 Å². The van der Waals surface area contributed by atoms with E-state index < -0.39 is 11.9 Å². The van der Waals surface area contributed by atoms with Crippen LogP contribution in [-0.2, 0) is 24.3 Å². The second kappa shape index (κ2) is 30.9. The van der Waals surface area contributed by atoms with Crippen molar-refractivity contribution < 1.29 is 59.0 Å². The molecule has 103 heavy (non-hydrogen) atoms. The number of aromatic nitrogens is 3. The molecule has 8 N–H and O–H groups in total. The van der Waals surface area contributed by atoms with Gasteiger partial charge in [0.25, 0.3) is 12.4 Å². The molecule has 0 bridgehead atoms. The highest BCUT2D eigenvalue weighted by molar-refractivity contribution is 6.44. The highest BCUT2D eigenvalue weighted by Crippen LogP contribution is 2.36. The number of aromatic hydroxyl groups is 3.